The molecule has 0 aliphatic heterocycles. The lowest BCUT2D eigenvalue weighted by Crippen LogP contribution is -2.39. The first-order chi connectivity index (χ1) is 18.0. The van der Waals surface area contributed by atoms with Crippen LogP contribution in [0.25, 0.3) is 0 Å². The zero-order valence-corrected chi connectivity index (χ0v) is 24.6. The van der Waals surface area contributed by atoms with Gasteiger partial charge >= 0.3 is 0 Å². The summed E-state index contributed by atoms with van der Waals surface area (Å²) in [6, 6.07) is 6.49. The van der Waals surface area contributed by atoms with Crippen LogP contribution in [0, 0.1) is 34.0 Å². The van der Waals surface area contributed by atoms with Crippen molar-refractivity contribution in [1.82, 2.24) is 4.31 Å². The fourth-order valence-corrected chi connectivity index (χ4v) is 6.41. The zero-order valence-electron chi connectivity index (χ0n) is 23.8. The van der Waals surface area contributed by atoms with Crippen molar-refractivity contribution in [2.24, 2.45) is 0 Å². The first-order valence-electron chi connectivity index (χ1n) is 15.2. The molecule has 0 amide bonds. The van der Waals surface area contributed by atoms with E-state index < -0.39 is 15.3 Å². The Bertz CT molecular complexity index is 717. The summed E-state index contributed by atoms with van der Waals surface area (Å²) < 4.78 is 28.4. The van der Waals surface area contributed by atoms with Gasteiger partial charge in [-0.05, 0) is 32.1 Å². The van der Waals surface area contributed by atoms with Gasteiger partial charge in [0.15, 0.2) is 5.25 Å². The van der Waals surface area contributed by atoms with Gasteiger partial charge in [0.05, 0.1) is 18.2 Å². The van der Waals surface area contributed by atoms with Gasteiger partial charge in [-0.2, -0.15) is 15.8 Å². The predicted molar refractivity (Wildman–Crippen MR) is 153 cm³/mol. The molecule has 0 aliphatic carbocycles. The topological polar surface area (TPSA) is 109 Å². The molecule has 1 unspecified atom stereocenters. The third kappa shape index (κ3) is 20.1. The van der Waals surface area contributed by atoms with E-state index in [0.717, 1.165) is 109 Å². The van der Waals surface area contributed by atoms with Crippen molar-refractivity contribution >= 4 is 10.0 Å². The van der Waals surface area contributed by atoms with Gasteiger partial charge in [-0.1, -0.05) is 110 Å². The van der Waals surface area contributed by atoms with Crippen LogP contribution in [0.2, 0.25) is 0 Å². The summed E-state index contributed by atoms with van der Waals surface area (Å²) in [5.41, 5.74) is 0. The maximum absolute atomic E-state index is 13.4. The lowest BCUT2D eigenvalue weighted by Gasteiger charge is -2.25. The predicted octanol–water partition coefficient (Wildman–Crippen LogP) is 8.55. The molecule has 0 aromatic rings. The largest absolute Gasteiger partial charge is 0.230 e. The van der Waals surface area contributed by atoms with Crippen LogP contribution in [0.1, 0.15) is 155 Å². The van der Waals surface area contributed by atoms with E-state index >= 15 is 0 Å². The number of sulfonamides is 1. The molecule has 0 fully saturated rings. The highest BCUT2D eigenvalue weighted by atomic mass is 32.2. The molecule has 0 saturated heterocycles. The molecule has 0 aliphatic rings. The minimum absolute atomic E-state index is 0.437. The van der Waals surface area contributed by atoms with Crippen molar-refractivity contribution in [3.63, 3.8) is 0 Å². The average Bonchev–Trinajstić information content (AvgIpc) is 2.89. The van der Waals surface area contributed by atoms with Gasteiger partial charge in [0.1, 0.15) is 0 Å². The smallest absolute Gasteiger partial charge is 0.211 e. The van der Waals surface area contributed by atoms with E-state index in [0.29, 0.717) is 32.4 Å². The molecule has 0 heterocycles. The van der Waals surface area contributed by atoms with Crippen LogP contribution in [-0.2, 0) is 10.0 Å². The van der Waals surface area contributed by atoms with Crippen LogP contribution >= 0.6 is 0 Å². The van der Waals surface area contributed by atoms with E-state index in [1.807, 2.05) is 0 Å². The van der Waals surface area contributed by atoms with E-state index in [4.69, 9.17) is 10.5 Å². The van der Waals surface area contributed by atoms with E-state index in [-0.39, 0.29) is 0 Å². The quantitative estimate of drug-likeness (QED) is 0.0980. The minimum Gasteiger partial charge on any atom is -0.211 e. The second kappa shape index (κ2) is 26.0. The molecule has 0 radical (unpaired) electrons. The third-order valence-corrected chi connectivity index (χ3v) is 9.22. The lowest BCUT2D eigenvalue weighted by atomic mass is 10.1. The Morgan fingerprint density at radius 2 is 0.946 bits per heavy atom. The number of unbranched alkanes of at least 4 members (excludes halogenated alkanes) is 19. The number of hydrogen-bond donors (Lipinski definition) is 0. The standard InChI is InChI=1S/C30H54N4O2S/c1-2-3-4-5-14-19-24-30(29-33)37(35,36)34(27-22-17-12-8-6-10-15-20-25-31)28-23-18-13-9-7-11-16-21-26-32/h30H,2-24,27-28H2,1H3. The number of nitriles is 3. The van der Waals surface area contributed by atoms with Crippen LogP contribution in [0.4, 0.5) is 0 Å². The van der Waals surface area contributed by atoms with Crippen LogP contribution in [0.15, 0.2) is 0 Å². The lowest BCUT2D eigenvalue weighted by molar-refractivity contribution is 0.378. The molecule has 7 heteroatoms. The van der Waals surface area contributed by atoms with Crippen molar-refractivity contribution in [1.29, 1.82) is 15.8 Å². The highest BCUT2D eigenvalue weighted by molar-refractivity contribution is 7.90. The summed E-state index contributed by atoms with van der Waals surface area (Å²) in [5, 5.41) is 26.0. The third-order valence-electron chi connectivity index (χ3n) is 7.08. The van der Waals surface area contributed by atoms with Crippen molar-refractivity contribution < 1.29 is 8.42 Å². The molecular formula is C30H54N4O2S. The molecule has 0 aromatic heterocycles. The molecule has 1 atom stereocenters. The minimum atomic E-state index is -3.62. The molecule has 0 aromatic carbocycles. The first kappa shape index (κ1) is 35.4. The number of nitrogens with zero attached hydrogens (tertiary/aromatic N) is 4. The van der Waals surface area contributed by atoms with E-state index in [1.165, 1.54) is 19.3 Å². The Balaban J connectivity index is 4.63. The fourth-order valence-electron chi connectivity index (χ4n) is 4.69. The van der Waals surface area contributed by atoms with Gasteiger partial charge in [0, 0.05) is 25.9 Å². The van der Waals surface area contributed by atoms with Crippen LogP contribution in [0.3, 0.4) is 0 Å². The maximum atomic E-state index is 13.4. The van der Waals surface area contributed by atoms with Gasteiger partial charge in [-0.15, -0.1) is 0 Å². The van der Waals surface area contributed by atoms with Crippen LogP contribution in [-0.4, -0.2) is 31.1 Å². The zero-order chi connectivity index (χ0) is 27.5. The van der Waals surface area contributed by atoms with E-state index in [9.17, 15) is 13.7 Å². The second-order valence-corrected chi connectivity index (χ2v) is 12.5. The van der Waals surface area contributed by atoms with Gasteiger partial charge in [-0.25, -0.2) is 12.7 Å². The highest BCUT2D eigenvalue weighted by Gasteiger charge is 2.31. The number of rotatable bonds is 27. The van der Waals surface area contributed by atoms with Crippen molar-refractivity contribution in [3.8, 4) is 18.2 Å². The second-order valence-electron chi connectivity index (χ2n) is 10.4. The molecule has 6 nitrogen and oxygen atoms in total. The summed E-state index contributed by atoms with van der Waals surface area (Å²) >= 11 is 0. The Morgan fingerprint density at radius 3 is 1.35 bits per heavy atom. The molecule has 0 rings (SSSR count). The fraction of sp³-hybridized carbons (Fsp3) is 0.900. The highest BCUT2D eigenvalue weighted by Crippen LogP contribution is 2.19. The molecule has 0 bridgehead atoms. The monoisotopic (exact) mass is 534 g/mol. The van der Waals surface area contributed by atoms with Crippen molar-refractivity contribution in [3.05, 3.63) is 0 Å². The Morgan fingerprint density at radius 1 is 0.568 bits per heavy atom. The summed E-state index contributed by atoms with van der Waals surface area (Å²) in [6.45, 7) is 3.21. The first-order valence-corrected chi connectivity index (χ1v) is 16.7. The van der Waals surface area contributed by atoms with Gasteiger partial charge in [-0.3, -0.25) is 0 Å². The van der Waals surface area contributed by atoms with Crippen LogP contribution < -0.4 is 0 Å². The average molecular weight is 535 g/mol. The van der Waals surface area contributed by atoms with E-state index in [1.54, 1.807) is 4.31 Å². The summed E-state index contributed by atoms with van der Waals surface area (Å²) in [6.07, 6.45) is 22.7. The SMILES string of the molecule is CCCCCCCCC(C#N)S(=O)(=O)N(CCCCCCCCCC#N)CCCCCCCCCC#N. The number of hydrogen-bond acceptors (Lipinski definition) is 5. The molecule has 0 spiro atoms. The van der Waals surface area contributed by atoms with Gasteiger partial charge in [0.25, 0.3) is 0 Å². The van der Waals surface area contributed by atoms with Gasteiger partial charge < -0.3 is 0 Å². The summed E-state index contributed by atoms with van der Waals surface area (Å²) in [7, 11) is -3.62. The Labute approximate surface area is 229 Å². The Hall–Kier alpha value is -1.62. The molecule has 37 heavy (non-hydrogen) atoms. The van der Waals surface area contributed by atoms with E-state index in [2.05, 4.69) is 25.1 Å². The van der Waals surface area contributed by atoms with Gasteiger partial charge in [0.2, 0.25) is 10.0 Å². The molecule has 0 saturated carbocycles. The van der Waals surface area contributed by atoms with Crippen molar-refractivity contribution in [2.75, 3.05) is 13.1 Å². The molecular weight excluding hydrogens is 480 g/mol. The van der Waals surface area contributed by atoms with Crippen LogP contribution in [0.5, 0.6) is 0 Å². The normalized spacial score (nSPS) is 12.2. The molecule has 212 valence electrons. The molecule has 0 N–H and O–H groups in total. The Kier molecular flexibility index (Phi) is 24.9. The maximum Gasteiger partial charge on any atom is 0.230 e. The van der Waals surface area contributed by atoms with Crippen molar-refractivity contribution in [2.45, 2.75) is 160 Å². The summed E-state index contributed by atoms with van der Waals surface area (Å²) in [4.78, 5) is 0. The summed E-state index contributed by atoms with van der Waals surface area (Å²) in [5.74, 6) is 0.